The molecule has 0 saturated carbocycles. The maximum absolute atomic E-state index is 5.27. The summed E-state index contributed by atoms with van der Waals surface area (Å²) < 4.78 is 5.27. The molecule has 0 N–H and O–H groups in total. The zero-order chi connectivity index (χ0) is 15.9. The number of pyridine rings is 1. The molecule has 0 aliphatic heterocycles. The maximum atomic E-state index is 5.27. The molecule has 2 aromatic carbocycles. The van der Waals surface area contributed by atoms with Gasteiger partial charge in [0, 0.05) is 10.9 Å². The number of hydrogen-bond donors (Lipinski definition) is 0. The van der Waals surface area contributed by atoms with Gasteiger partial charge >= 0.3 is 0 Å². The molecule has 2 nitrogen and oxygen atoms in total. The molecule has 0 aliphatic rings. The number of fused-ring (bicyclic) bond motifs is 1. The normalized spacial score (nSPS) is 11.0. The molecule has 0 spiro atoms. The van der Waals surface area contributed by atoms with Gasteiger partial charge in [-0.05, 0) is 80.3 Å². The summed E-state index contributed by atoms with van der Waals surface area (Å²) in [6.07, 6.45) is 0. The van der Waals surface area contributed by atoms with E-state index < -0.39 is 0 Å². The molecule has 1 aromatic heterocycles. The van der Waals surface area contributed by atoms with Crippen LogP contribution < -0.4 is 4.74 Å². The van der Waals surface area contributed by atoms with Crippen molar-refractivity contribution in [3.63, 3.8) is 0 Å². The predicted octanol–water partition coefficient (Wildman–Crippen LogP) is 5.14. The molecule has 22 heavy (non-hydrogen) atoms. The number of aromatic nitrogens is 1. The molecule has 0 bridgehead atoms. The van der Waals surface area contributed by atoms with Crippen LogP contribution in [-0.2, 0) is 0 Å². The van der Waals surface area contributed by atoms with Crippen molar-refractivity contribution in [2.45, 2.75) is 27.7 Å². The zero-order valence-corrected chi connectivity index (χ0v) is 13.8. The van der Waals surface area contributed by atoms with Crippen molar-refractivity contribution in [3.8, 4) is 17.0 Å². The van der Waals surface area contributed by atoms with Gasteiger partial charge in [0.15, 0.2) is 0 Å². The largest absolute Gasteiger partial charge is 0.497 e. The highest BCUT2D eigenvalue weighted by Crippen LogP contribution is 2.30. The fourth-order valence-corrected chi connectivity index (χ4v) is 2.86. The number of rotatable bonds is 2. The van der Waals surface area contributed by atoms with Crippen LogP contribution >= 0.6 is 0 Å². The Morgan fingerprint density at radius 2 is 1.59 bits per heavy atom. The van der Waals surface area contributed by atoms with E-state index in [1.54, 1.807) is 7.11 Å². The van der Waals surface area contributed by atoms with Gasteiger partial charge in [0.05, 0.1) is 18.3 Å². The monoisotopic (exact) mass is 291 g/mol. The van der Waals surface area contributed by atoms with Crippen LogP contribution in [0.25, 0.3) is 22.2 Å². The van der Waals surface area contributed by atoms with Crippen LogP contribution in [0.5, 0.6) is 5.75 Å². The summed E-state index contributed by atoms with van der Waals surface area (Å²) in [7, 11) is 1.68. The molecular formula is C20H21NO. The van der Waals surface area contributed by atoms with E-state index in [9.17, 15) is 0 Å². The van der Waals surface area contributed by atoms with E-state index in [2.05, 4.69) is 45.9 Å². The van der Waals surface area contributed by atoms with Gasteiger partial charge < -0.3 is 4.74 Å². The third kappa shape index (κ3) is 2.35. The van der Waals surface area contributed by atoms with Gasteiger partial charge in [-0.1, -0.05) is 6.07 Å². The van der Waals surface area contributed by atoms with E-state index in [1.165, 1.54) is 27.8 Å². The van der Waals surface area contributed by atoms with Crippen LogP contribution in [0.3, 0.4) is 0 Å². The van der Waals surface area contributed by atoms with Crippen LogP contribution in [0, 0.1) is 27.7 Å². The SMILES string of the molecule is COc1ccc2nc(-c3cc(C)c(C)c(C)c3C)ccc2c1. The summed E-state index contributed by atoms with van der Waals surface area (Å²) in [5, 5.41) is 1.10. The molecule has 0 aliphatic carbocycles. The topological polar surface area (TPSA) is 22.1 Å². The number of aryl methyl sites for hydroxylation is 1. The first kappa shape index (κ1) is 14.6. The first-order chi connectivity index (χ1) is 10.5. The lowest BCUT2D eigenvalue weighted by atomic mass is 9.93. The Bertz CT molecular complexity index is 865. The molecule has 1 heterocycles. The summed E-state index contributed by atoms with van der Waals surface area (Å²) >= 11 is 0. The summed E-state index contributed by atoms with van der Waals surface area (Å²) in [6, 6.07) is 12.4. The molecule has 3 rings (SSSR count). The number of ether oxygens (including phenoxy) is 1. The first-order valence-corrected chi connectivity index (χ1v) is 7.54. The fraction of sp³-hybridized carbons (Fsp3) is 0.250. The summed E-state index contributed by atoms with van der Waals surface area (Å²) in [6.45, 7) is 8.71. The second-order valence-electron chi connectivity index (χ2n) is 5.87. The van der Waals surface area contributed by atoms with E-state index in [1.807, 2.05) is 18.2 Å². The summed E-state index contributed by atoms with van der Waals surface area (Å²) in [4.78, 5) is 4.84. The van der Waals surface area contributed by atoms with Crippen molar-refractivity contribution in [1.82, 2.24) is 4.98 Å². The van der Waals surface area contributed by atoms with Crippen molar-refractivity contribution in [1.29, 1.82) is 0 Å². The Labute approximate surface area is 131 Å². The van der Waals surface area contributed by atoms with Crippen LogP contribution in [0.15, 0.2) is 36.4 Å². The molecule has 3 aromatic rings. The van der Waals surface area contributed by atoms with Crippen molar-refractivity contribution in [3.05, 3.63) is 58.7 Å². The lowest BCUT2D eigenvalue weighted by Crippen LogP contribution is -1.96. The minimum Gasteiger partial charge on any atom is -0.497 e. The third-order valence-corrected chi connectivity index (χ3v) is 4.65. The Morgan fingerprint density at radius 1 is 0.818 bits per heavy atom. The lowest BCUT2D eigenvalue weighted by molar-refractivity contribution is 0.415. The Kier molecular flexibility index (Phi) is 3.61. The quantitative estimate of drug-likeness (QED) is 0.652. The van der Waals surface area contributed by atoms with Crippen LogP contribution in [0.1, 0.15) is 22.3 Å². The van der Waals surface area contributed by atoms with E-state index in [-0.39, 0.29) is 0 Å². The molecule has 0 fully saturated rings. The van der Waals surface area contributed by atoms with Gasteiger partial charge in [-0.2, -0.15) is 0 Å². The van der Waals surface area contributed by atoms with E-state index in [4.69, 9.17) is 9.72 Å². The van der Waals surface area contributed by atoms with Crippen molar-refractivity contribution in [2.24, 2.45) is 0 Å². The summed E-state index contributed by atoms with van der Waals surface area (Å²) in [5.41, 5.74) is 8.59. The maximum Gasteiger partial charge on any atom is 0.119 e. The number of benzene rings is 2. The lowest BCUT2D eigenvalue weighted by Gasteiger charge is -2.14. The van der Waals surface area contributed by atoms with Crippen molar-refractivity contribution < 1.29 is 4.74 Å². The van der Waals surface area contributed by atoms with E-state index in [0.717, 1.165) is 22.3 Å². The highest BCUT2D eigenvalue weighted by Gasteiger charge is 2.10. The Morgan fingerprint density at radius 3 is 2.32 bits per heavy atom. The zero-order valence-electron chi connectivity index (χ0n) is 13.8. The van der Waals surface area contributed by atoms with Gasteiger partial charge in [0.1, 0.15) is 5.75 Å². The van der Waals surface area contributed by atoms with Crippen LogP contribution in [0.2, 0.25) is 0 Å². The Balaban J connectivity index is 2.19. The molecule has 0 atom stereocenters. The van der Waals surface area contributed by atoms with E-state index >= 15 is 0 Å². The highest BCUT2D eigenvalue weighted by atomic mass is 16.5. The van der Waals surface area contributed by atoms with Gasteiger partial charge in [0.2, 0.25) is 0 Å². The molecule has 2 heteroatoms. The Hall–Kier alpha value is -2.35. The average molecular weight is 291 g/mol. The van der Waals surface area contributed by atoms with Crippen LogP contribution in [0.4, 0.5) is 0 Å². The molecule has 0 radical (unpaired) electrons. The number of nitrogens with zero attached hydrogens (tertiary/aromatic N) is 1. The number of hydrogen-bond acceptors (Lipinski definition) is 2. The molecule has 0 amide bonds. The first-order valence-electron chi connectivity index (χ1n) is 7.54. The van der Waals surface area contributed by atoms with Gasteiger partial charge in [0.25, 0.3) is 0 Å². The molecule has 0 saturated heterocycles. The van der Waals surface area contributed by atoms with Gasteiger partial charge in [-0.3, -0.25) is 0 Å². The minimum absolute atomic E-state index is 0.861. The van der Waals surface area contributed by atoms with Gasteiger partial charge in [-0.25, -0.2) is 4.98 Å². The summed E-state index contributed by atoms with van der Waals surface area (Å²) in [5.74, 6) is 0.861. The molecule has 112 valence electrons. The highest BCUT2D eigenvalue weighted by molar-refractivity contribution is 5.83. The minimum atomic E-state index is 0.861. The fourth-order valence-electron chi connectivity index (χ4n) is 2.86. The van der Waals surface area contributed by atoms with E-state index in [0.29, 0.717) is 0 Å². The smallest absolute Gasteiger partial charge is 0.119 e. The van der Waals surface area contributed by atoms with Crippen LogP contribution in [-0.4, -0.2) is 12.1 Å². The number of methoxy groups -OCH3 is 1. The van der Waals surface area contributed by atoms with Crippen molar-refractivity contribution in [2.75, 3.05) is 7.11 Å². The molecular weight excluding hydrogens is 270 g/mol. The second-order valence-corrected chi connectivity index (χ2v) is 5.87. The van der Waals surface area contributed by atoms with Crippen molar-refractivity contribution >= 4 is 10.9 Å². The third-order valence-electron chi connectivity index (χ3n) is 4.65. The standard InChI is InChI=1S/C20H21NO/c1-12-10-18(15(4)14(3)13(12)2)20-8-6-16-11-17(22-5)7-9-19(16)21-20/h6-11H,1-5H3. The molecule has 0 unspecified atom stereocenters. The predicted molar refractivity (Wildman–Crippen MR) is 92.7 cm³/mol. The average Bonchev–Trinajstić information content (AvgIpc) is 2.55. The van der Waals surface area contributed by atoms with Gasteiger partial charge in [-0.15, -0.1) is 0 Å². The second kappa shape index (κ2) is 5.45.